The van der Waals surface area contributed by atoms with Crippen molar-refractivity contribution in [2.24, 2.45) is 0 Å². The minimum atomic E-state index is -2.72. The number of hydrogen-bond acceptors (Lipinski definition) is 3. The van der Waals surface area contributed by atoms with E-state index in [0.29, 0.717) is 10.4 Å². The van der Waals surface area contributed by atoms with E-state index < -0.39 is 13.2 Å². The van der Waals surface area contributed by atoms with E-state index in [2.05, 4.69) is 5.10 Å². The molecule has 0 amide bonds. The maximum absolute atomic E-state index is 12.5. The van der Waals surface area contributed by atoms with Gasteiger partial charge in [0.05, 0.1) is 18.0 Å². The molecule has 0 fully saturated rings. The maximum Gasteiger partial charge on any atom is 0.333 e. The molecule has 1 N–H and O–H groups in total. The van der Waals surface area contributed by atoms with Crippen molar-refractivity contribution < 1.29 is 13.9 Å². The second kappa shape index (κ2) is 4.08. The molecule has 2 rings (SSSR count). The van der Waals surface area contributed by atoms with Crippen molar-refractivity contribution in [3.8, 4) is 11.3 Å². The number of aliphatic hydroxyl groups is 1. The van der Waals surface area contributed by atoms with E-state index in [1.54, 1.807) is 6.07 Å². The van der Waals surface area contributed by atoms with Crippen LogP contribution < -0.4 is 0 Å². The van der Waals surface area contributed by atoms with Crippen molar-refractivity contribution in [1.82, 2.24) is 9.78 Å². The van der Waals surface area contributed by atoms with E-state index in [-0.39, 0.29) is 5.69 Å². The van der Waals surface area contributed by atoms with Gasteiger partial charge in [0.1, 0.15) is 0 Å². The van der Waals surface area contributed by atoms with Gasteiger partial charge in [0.15, 0.2) is 0 Å². The highest BCUT2D eigenvalue weighted by Gasteiger charge is 2.15. The molecule has 0 unspecified atom stereocenters. The lowest BCUT2D eigenvalue weighted by molar-refractivity contribution is 0.0492. The van der Waals surface area contributed by atoms with Crippen LogP contribution in [0.5, 0.6) is 0 Å². The van der Waals surface area contributed by atoms with Crippen LogP contribution >= 0.6 is 11.3 Å². The lowest BCUT2D eigenvalue weighted by atomic mass is 10.2. The highest BCUT2D eigenvalue weighted by molar-refractivity contribution is 7.08. The highest BCUT2D eigenvalue weighted by atomic mass is 32.1. The molecule has 0 aliphatic heterocycles. The first-order valence-electron chi connectivity index (χ1n) is 4.22. The van der Waals surface area contributed by atoms with Crippen molar-refractivity contribution in [3.63, 3.8) is 0 Å². The fourth-order valence-corrected chi connectivity index (χ4v) is 1.92. The molecule has 0 aromatic carbocycles. The Kier molecular flexibility index (Phi) is 2.79. The summed E-state index contributed by atoms with van der Waals surface area (Å²) >= 11 is 1.47. The van der Waals surface area contributed by atoms with E-state index in [1.807, 2.05) is 10.8 Å². The van der Waals surface area contributed by atoms with E-state index in [0.717, 1.165) is 5.56 Å². The quantitative estimate of drug-likeness (QED) is 0.879. The third kappa shape index (κ3) is 1.91. The number of nitrogens with zero attached hydrogens (tertiary/aromatic N) is 2. The molecule has 6 heteroatoms. The molecule has 2 aromatic rings. The number of thiophene rings is 1. The smallest absolute Gasteiger partial charge is 0.333 e. The molecule has 0 spiro atoms. The molecule has 2 aromatic heterocycles. The van der Waals surface area contributed by atoms with Crippen molar-refractivity contribution >= 4 is 11.3 Å². The van der Waals surface area contributed by atoms with Crippen LogP contribution in [0, 0.1) is 0 Å². The predicted molar refractivity (Wildman–Crippen MR) is 52.7 cm³/mol. The summed E-state index contributed by atoms with van der Waals surface area (Å²) in [4.78, 5) is 0. The van der Waals surface area contributed by atoms with Crippen molar-refractivity contribution in [1.29, 1.82) is 0 Å². The zero-order valence-corrected chi connectivity index (χ0v) is 8.42. The second-order valence-electron chi connectivity index (χ2n) is 2.91. The average molecular weight is 230 g/mol. The third-order valence-corrected chi connectivity index (χ3v) is 2.66. The van der Waals surface area contributed by atoms with E-state index in [4.69, 9.17) is 5.11 Å². The third-order valence-electron chi connectivity index (χ3n) is 1.98. The number of aromatic nitrogens is 2. The van der Waals surface area contributed by atoms with Gasteiger partial charge >= 0.3 is 6.55 Å². The number of rotatable bonds is 3. The SMILES string of the molecule is OCc1cc(-c2ccsc2)nn1C(F)F. The molecule has 0 radical (unpaired) electrons. The van der Waals surface area contributed by atoms with Gasteiger partial charge in [0.25, 0.3) is 0 Å². The van der Waals surface area contributed by atoms with Crippen LogP contribution in [0.1, 0.15) is 12.2 Å². The number of halogens is 2. The van der Waals surface area contributed by atoms with Crippen LogP contribution in [0.4, 0.5) is 8.78 Å². The molecular weight excluding hydrogens is 222 g/mol. The minimum absolute atomic E-state index is 0.117. The molecule has 0 saturated heterocycles. The molecule has 0 aliphatic carbocycles. The van der Waals surface area contributed by atoms with Gasteiger partial charge in [-0.3, -0.25) is 0 Å². The fraction of sp³-hybridized carbons (Fsp3) is 0.222. The van der Waals surface area contributed by atoms with Crippen LogP contribution in [-0.2, 0) is 6.61 Å². The fourth-order valence-electron chi connectivity index (χ4n) is 1.27. The molecule has 15 heavy (non-hydrogen) atoms. The highest BCUT2D eigenvalue weighted by Crippen LogP contribution is 2.24. The van der Waals surface area contributed by atoms with Crippen molar-refractivity contribution in [2.45, 2.75) is 13.2 Å². The van der Waals surface area contributed by atoms with Crippen molar-refractivity contribution in [2.75, 3.05) is 0 Å². The summed E-state index contributed by atoms with van der Waals surface area (Å²) in [5.74, 6) is 0. The number of hydrogen-bond donors (Lipinski definition) is 1. The lowest BCUT2D eigenvalue weighted by Crippen LogP contribution is -2.05. The Balaban J connectivity index is 2.43. The number of alkyl halides is 2. The summed E-state index contributed by atoms with van der Waals surface area (Å²) in [6.45, 7) is -3.17. The molecule has 2 heterocycles. The molecule has 3 nitrogen and oxygen atoms in total. The monoisotopic (exact) mass is 230 g/mol. The van der Waals surface area contributed by atoms with Crippen LogP contribution in [0.2, 0.25) is 0 Å². The average Bonchev–Trinajstić information content (AvgIpc) is 2.86. The molecule has 0 saturated carbocycles. The topological polar surface area (TPSA) is 38.1 Å². The second-order valence-corrected chi connectivity index (χ2v) is 3.69. The molecule has 0 aliphatic rings. The van der Waals surface area contributed by atoms with Crippen LogP contribution in [0.15, 0.2) is 22.9 Å². The Labute approximate surface area is 88.6 Å². The normalized spacial score (nSPS) is 11.2. The van der Waals surface area contributed by atoms with Gasteiger partial charge in [-0.1, -0.05) is 0 Å². The zero-order valence-electron chi connectivity index (χ0n) is 7.60. The van der Waals surface area contributed by atoms with E-state index >= 15 is 0 Å². The molecule has 0 bridgehead atoms. The summed E-state index contributed by atoms with van der Waals surface area (Å²) in [6, 6.07) is 3.26. The lowest BCUT2D eigenvalue weighted by Gasteiger charge is -2.01. The van der Waals surface area contributed by atoms with Gasteiger partial charge in [-0.2, -0.15) is 25.2 Å². The van der Waals surface area contributed by atoms with Crippen LogP contribution in [0.25, 0.3) is 11.3 Å². The number of aliphatic hydroxyl groups excluding tert-OH is 1. The first-order chi connectivity index (χ1) is 7.22. The standard InChI is InChI=1S/C9H8F2N2OS/c10-9(11)13-7(4-14)3-8(12-13)6-1-2-15-5-6/h1-3,5,9,14H,4H2. The molecule has 80 valence electrons. The Morgan fingerprint density at radius 1 is 1.53 bits per heavy atom. The summed E-state index contributed by atoms with van der Waals surface area (Å²) < 4.78 is 25.5. The summed E-state index contributed by atoms with van der Waals surface area (Å²) in [7, 11) is 0. The van der Waals surface area contributed by atoms with Gasteiger partial charge in [-0.05, 0) is 17.5 Å². The van der Waals surface area contributed by atoms with E-state index in [1.165, 1.54) is 17.4 Å². The Morgan fingerprint density at radius 2 is 2.33 bits per heavy atom. The van der Waals surface area contributed by atoms with Gasteiger partial charge in [0.2, 0.25) is 0 Å². The van der Waals surface area contributed by atoms with Crippen LogP contribution in [-0.4, -0.2) is 14.9 Å². The largest absolute Gasteiger partial charge is 0.390 e. The first-order valence-corrected chi connectivity index (χ1v) is 5.16. The Bertz CT molecular complexity index is 439. The predicted octanol–water partition coefficient (Wildman–Crippen LogP) is 2.50. The van der Waals surface area contributed by atoms with Crippen LogP contribution in [0.3, 0.4) is 0 Å². The maximum atomic E-state index is 12.5. The van der Waals surface area contributed by atoms with Gasteiger partial charge in [-0.25, -0.2) is 4.68 Å². The summed E-state index contributed by atoms with van der Waals surface area (Å²) in [5.41, 5.74) is 1.36. The van der Waals surface area contributed by atoms with Gasteiger partial charge in [-0.15, -0.1) is 0 Å². The Hall–Kier alpha value is -1.27. The minimum Gasteiger partial charge on any atom is -0.390 e. The van der Waals surface area contributed by atoms with Crippen molar-refractivity contribution in [3.05, 3.63) is 28.6 Å². The van der Waals surface area contributed by atoms with Gasteiger partial charge < -0.3 is 5.11 Å². The summed E-state index contributed by atoms with van der Waals surface area (Å²) in [6.07, 6.45) is 0. The van der Waals surface area contributed by atoms with E-state index in [9.17, 15) is 8.78 Å². The molecular formula is C9H8F2N2OS. The molecule has 0 atom stereocenters. The summed E-state index contributed by atoms with van der Waals surface area (Å²) in [5, 5.41) is 16.3. The first kappa shape index (κ1) is 10.3. The Morgan fingerprint density at radius 3 is 2.80 bits per heavy atom. The zero-order chi connectivity index (χ0) is 10.8. The van der Waals surface area contributed by atoms with Gasteiger partial charge in [0, 0.05) is 10.9 Å².